The second-order valence-electron chi connectivity index (χ2n) is 6.14. The zero-order valence-electron chi connectivity index (χ0n) is 12.6. The van der Waals surface area contributed by atoms with Crippen LogP contribution in [0.15, 0.2) is 34.9 Å². The first-order chi connectivity index (χ1) is 11.2. The number of carbonyl (C=O) groups excluding carboxylic acids is 1. The highest BCUT2D eigenvalue weighted by Crippen LogP contribution is 2.32. The summed E-state index contributed by atoms with van der Waals surface area (Å²) in [5.41, 5.74) is 1.90. The first-order valence-electron chi connectivity index (χ1n) is 7.80. The molecule has 1 unspecified atom stereocenters. The summed E-state index contributed by atoms with van der Waals surface area (Å²) in [4.78, 5) is 14.4. The molecule has 1 N–H and O–H groups in total. The first-order valence-corrected chi connectivity index (χ1v) is 7.80. The molecule has 6 nitrogen and oxygen atoms in total. The normalized spacial score (nSPS) is 20.6. The topological polar surface area (TPSA) is 75.8 Å². The van der Waals surface area contributed by atoms with Gasteiger partial charge in [0, 0.05) is 25.1 Å². The average molecular weight is 314 g/mol. The van der Waals surface area contributed by atoms with Crippen molar-refractivity contribution in [1.29, 1.82) is 0 Å². The van der Waals surface area contributed by atoms with Crippen molar-refractivity contribution in [3.8, 4) is 5.75 Å². The van der Waals surface area contributed by atoms with Crippen LogP contribution in [0, 0.1) is 5.92 Å². The first kappa shape index (κ1) is 14.3. The number of benzene rings is 1. The van der Waals surface area contributed by atoms with E-state index in [1.165, 1.54) is 0 Å². The summed E-state index contributed by atoms with van der Waals surface area (Å²) in [5.74, 6) is 1.57. The summed E-state index contributed by atoms with van der Waals surface area (Å²) in [6, 6.07) is 9.63. The maximum atomic E-state index is 12.6. The van der Waals surface area contributed by atoms with Gasteiger partial charge in [-0.3, -0.25) is 4.79 Å². The molecule has 1 aromatic carbocycles. The van der Waals surface area contributed by atoms with Gasteiger partial charge in [0.25, 0.3) is 0 Å². The van der Waals surface area contributed by atoms with Crippen molar-refractivity contribution < 1.29 is 19.2 Å². The maximum Gasteiger partial charge on any atom is 0.229 e. The third kappa shape index (κ3) is 2.59. The van der Waals surface area contributed by atoms with Crippen LogP contribution in [-0.2, 0) is 17.8 Å². The van der Waals surface area contributed by atoms with Gasteiger partial charge >= 0.3 is 0 Å². The molecule has 1 amide bonds. The zero-order chi connectivity index (χ0) is 15.8. The molecule has 1 saturated heterocycles. The van der Waals surface area contributed by atoms with Gasteiger partial charge in [-0.15, -0.1) is 0 Å². The third-order valence-corrected chi connectivity index (χ3v) is 4.57. The summed E-state index contributed by atoms with van der Waals surface area (Å²) in [7, 11) is 0. The van der Waals surface area contributed by atoms with Crippen LogP contribution in [0.2, 0.25) is 0 Å². The number of likely N-dealkylation sites (tertiary alicyclic amines) is 1. The number of nitrogens with zero attached hydrogens (tertiary/aromatic N) is 2. The Hall–Kier alpha value is -2.34. The SMILES string of the molecule is O=C(C1COc2ccccc2C1)N1CC(c2cc(CO)on2)C1. The minimum Gasteiger partial charge on any atom is -0.492 e. The van der Waals surface area contributed by atoms with E-state index in [9.17, 15) is 4.79 Å². The number of hydrogen-bond donors (Lipinski definition) is 1. The number of carbonyl (C=O) groups is 1. The summed E-state index contributed by atoms with van der Waals surface area (Å²) in [6.45, 7) is 1.58. The number of fused-ring (bicyclic) bond motifs is 1. The summed E-state index contributed by atoms with van der Waals surface area (Å²) in [5, 5.41) is 12.9. The monoisotopic (exact) mass is 314 g/mol. The Morgan fingerprint density at radius 3 is 2.96 bits per heavy atom. The third-order valence-electron chi connectivity index (χ3n) is 4.57. The molecule has 6 heteroatoms. The van der Waals surface area contributed by atoms with Crippen LogP contribution in [0.5, 0.6) is 5.75 Å². The molecule has 0 bridgehead atoms. The zero-order valence-corrected chi connectivity index (χ0v) is 12.6. The van der Waals surface area contributed by atoms with Gasteiger partial charge in [-0.05, 0) is 18.1 Å². The minimum absolute atomic E-state index is 0.115. The smallest absolute Gasteiger partial charge is 0.229 e. The van der Waals surface area contributed by atoms with Gasteiger partial charge in [0.1, 0.15) is 19.0 Å². The Kier molecular flexibility index (Phi) is 3.53. The van der Waals surface area contributed by atoms with E-state index in [0.717, 1.165) is 23.4 Å². The maximum absolute atomic E-state index is 12.6. The van der Waals surface area contributed by atoms with Crippen LogP contribution in [0.4, 0.5) is 0 Å². The van der Waals surface area contributed by atoms with Gasteiger partial charge in [-0.25, -0.2) is 0 Å². The summed E-state index contributed by atoms with van der Waals surface area (Å²) in [6.07, 6.45) is 0.731. The van der Waals surface area contributed by atoms with E-state index >= 15 is 0 Å². The number of amides is 1. The highest BCUT2D eigenvalue weighted by molar-refractivity contribution is 5.80. The molecule has 1 fully saturated rings. The lowest BCUT2D eigenvalue weighted by molar-refractivity contribution is -0.141. The lowest BCUT2D eigenvalue weighted by Gasteiger charge is -2.40. The van der Waals surface area contributed by atoms with Crippen molar-refractivity contribution in [3.63, 3.8) is 0 Å². The number of aliphatic hydroxyl groups is 1. The van der Waals surface area contributed by atoms with Crippen LogP contribution in [0.25, 0.3) is 0 Å². The molecule has 1 atom stereocenters. The molecular formula is C17H18N2O4. The molecule has 0 aliphatic carbocycles. The highest BCUT2D eigenvalue weighted by atomic mass is 16.5. The van der Waals surface area contributed by atoms with E-state index < -0.39 is 0 Å². The second-order valence-corrected chi connectivity index (χ2v) is 6.14. The Morgan fingerprint density at radius 1 is 1.35 bits per heavy atom. The molecule has 2 aromatic rings. The van der Waals surface area contributed by atoms with E-state index in [4.69, 9.17) is 14.4 Å². The highest BCUT2D eigenvalue weighted by Gasteiger charge is 2.38. The molecule has 3 heterocycles. The van der Waals surface area contributed by atoms with Crippen LogP contribution in [0.1, 0.15) is 22.9 Å². The van der Waals surface area contributed by atoms with Crippen molar-refractivity contribution in [3.05, 3.63) is 47.3 Å². The Balaban J connectivity index is 1.36. The Morgan fingerprint density at radius 2 is 2.17 bits per heavy atom. The lowest BCUT2D eigenvalue weighted by Crippen LogP contribution is -2.52. The van der Waals surface area contributed by atoms with Crippen LogP contribution < -0.4 is 4.74 Å². The van der Waals surface area contributed by atoms with Crippen molar-refractivity contribution in [2.75, 3.05) is 19.7 Å². The van der Waals surface area contributed by atoms with Crippen LogP contribution >= 0.6 is 0 Å². The summed E-state index contributed by atoms with van der Waals surface area (Å²) < 4.78 is 10.7. The molecule has 23 heavy (non-hydrogen) atoms. The number of ether oxygens (including phenoxy) is 1. The molecular weight excluding hydrogens is 296 g/mol. The van der Waals surface area contributed by atoms with Crippen molar-refractivity contribution >= 4 is 5.91 Å². The standard InChI is InChI=1S/C17H18N2O4/c20-9-14-6-15(18-23-14)13-7-19(8-13)17(21)12-5-11-3-1-2-4-16(11)22-10-12/h1-4,6,12-13,20H,5,7-10H2. The fraction of sp³-hybridized carbons (Fsp3) is 0.412. The predicted octanol–water partition coefficient (Wildman–Crippen LogP) is 1.34. The van der Waals surface area contributed by atoms with E-state index in [0.29, 0.717) is 25.5 Å². The number of aromatic nitrogens is 1. The minimum atomic E-state index is -0.152. The molecule has 4 rings (SSSR count). The van der Waals surface area contributed by atoms with Gasteiger partial charge in [0.15, 0.2) is 5.76 Å². The molecule has 2 aliphatic rings. The van der Waals surface area contributed by atoms with E-state index in [2.05, 4.69) is 5.16 Å². The Bertz CT molecular complexity index is 721. The molecule has 0 radical (unpaired) electrons. The molecule has 0 spiro atoms. The lowest BCUT2D eigenvalue weighted by atomic mass is 9.91. The predicted molar refractivity (Wildman–Crippen MR) is 80.9 cm³/mol. The van der Waals surface area contributed by atoms with E-state index in [1.807, 2.05) is 29.2 Å². The summed E-state index contributed by atoms with van der Waals surface area (Å²) >= 11 is 0. The molecule has 2 aliphatic heterocycles. The molecule has 1 aromatic heterocycles. The largest absolute Gasteiger partial charge is 0.492 e. The van der Waals surface area contributed by atoms with Gasteiger partial charge in [0.05, 0.1) is 11.6 Å². The number of aliphatic hydroxyl groups excluding tert-OH is 1. The van der Waals surface area contributed by atoms with Gasteiger partial charge < -0.3 is 19.3 Å². The van der Waals surface area contributed by atoms with Crippen LogP contribution in [-0.4, -0.2) is 40.8 Å². The Labute approximate surface area is 133 Å². The van der Waals surface area contributed by atoms with Crippen LogP contribution in [0.3, 0.4) is 0 Å². The van der Waals surface area contributed by atoms with E-state index in [1.54, 1.807) is 6.07 Å². The number of hydrogen-bond acceptors (Lipinski definition) is 5. The fourth-order valence-corrected chi connectivity index (χ4v) is 3.19. The fourth-order valence-electron chi connectivity index (χ4n) is 3.19. The van der Waals surface area contributed by atoms with Crippen molar-refractivity contribution in [2.24, 2.45) is 5.92 Å². The van der Waals surface area contributed by atoms with Gasteiger partial charge in [-0.2, -0.15) is 0 Å². The number of para-hydroxylation sites is 1. The average Bonchev–Trinajstić information content (AvgIpc) is 3.01. The van der Waals surface area contributed by atoms with Gasteiger partial charge in [0.2, 0.25) is 5.91 Å². The van der Waals surface area contributed by atoms with Gasteiger partial charge in [-0.1, -0.05) is 23.4 Å². The quantitative estimate of drug-likeness (QED) is 0.925. The van der Waals surface area contributed by atoms with E-state index in [-0.39, 0.29) is 24.3 Å². The second kappa shape index (κ2) is 5.70. The number of rotatable bonds is 3. The molecule has 0 saturated carbocycles. The van der Waals surface area contributed by atoms with Crippen molar-refractivity contribution in [1.82, 2.24) is 10.1 Å². The van der Waals surface area contributed by atoms with Crippen molar-refractivity contribution in [2.45, 2.75) is 18.9 Å². The molecule has 120 valence electrons.